The molecule has 1 N–H and O–H groups in total. The number of morpholine rings is 1. The van der Waals surface area contributed by atoms with Gasteiger partial charge in [-0.2, -0.15) is 0 Å². The van der Waals surface area contributed by atoms with E-state index in [1.54, 1.807) is 17.0 Å². The second-order valence-corrected chi connectivity index (χ2v) is 8.18. The summed E-state index contributed by atoms with van der Waals surface area (Å²) in [6.45, 7) is 0.810. The van der Waals surface area contributed by atoms with Crippen LogP contribution in [0.25, 0.3) is 11.1 Å². The Morgan fingerprint density at radius 3 is 2.65 bits per heavy atom. The van der Waals surface area contributed by atoms with Crippen molar-refractivity contribution >= 4 is 11.8 Å². The number of methoxy groups -OCH3 is 1. The van der Waals surface area contributed by atoms with Crippen molar-refractivity contribution in [3.63, 3.8) is 0 Å². The van der Waals surface area contributed by atoms with Gasteiger partial charge in [0.2, 0.25) is 5.91 Å². The number of carbonyl (C=O) groups excluding carboxylic acids is 2. The molecule has 2 aliphatic rings. The van der Waals surface area contributed by atoms with Crippen LogP contribution in [0, 0.1) is 5.82 Å². The van der Waals surface area contributed by atoms with Crippen LogP contribution >= 0.6 is 0 Å². The summed E-state index contributed by atoms with van der Waals surface area (Å²) in [7, 11) is 1.48. The predicted octanol–water partition coefficient (Wildman–Crippen LogP) is 2.56. The van der Waals surface area contributed by atoms with Crippen molar-refractivity contribution in [1.82, 2.24) is 10.2 Å². The number of halogens is 1. The first-order valence-electron chi connectivity index (χ1n) is 10.6. The Bertz CT molecular complexity index is 945. The monoisotopic (exact) mass is 426 g/mol. The lowest BCUT2D eigenvalue weighted by molar-refractivity contribution is -0.167. The Hall–Kier alpha value is -2.77. The Kier molecular flexibility index (Phi) is 6.34. The molecule has 0 aromatic heterocycles. The molecule has 31 heavy (non-hydrogen) atoms. The molecular formula is C24H27FN2O4. The van der Waals surface area contributed by atoms with Crippen molar-refractivity contribution in [2.45, 2.75) is 30.9 Å². The quantitative estimate of drug-likeness (QED) is 0.739. The predicted molar refractivity (Wildman–Crippen MR) is 114 cm³/mol. The number of ether oxygens (including phenoxy) is 2. The van der Waals surface area contributed by atoms with Crippen molar-refractivity contribution in [2.24, 2.45) is 0 Å². The average molecular weight is 426 g/mol. The molecular weight excluding hydrogens is 399 g/mol. The number of hydrogen-bond acceptors (Lipinski definition) is 4. The van der Waals surface area contributed by atoms with E-state index in [1.807, 2.05) is 24.3 Å². The SMILES string of the molecule is COCC(=O)N1CCO[C@@](Cc2ccccc2-c2ccc(F)cc2)(C(=O)NC2CC2)C1. The Morgan fingerprint density at radius 1 is 1.19 bits per heavy atom. The number of carbonyl (C=O) groups is 2. The fourth-order valence-electron chi connectivity index (χ4n) is 3.97. The van der Waals surface area contributed by atoms with Gasteiger partial charge < -0.3 is 19.7 Å². The molecule has 1 aliphatic carbocycles. The number of nitrogens with zero attached hydrogens (tertiary/aromatic N) is 1. The lowest BCUT2D eigenvalue weighted by atomic mass is 9.87. The van der Waals surface area contributed by atoms with E-state index in [0.29, 0.717) is 13.0 Å². The minimum Gasteiger partial charge on any atom is -0.375 e. The van der Waals surface area contributed by atoms with Gasteiger partial charge in [0.1, 0.15) is 12.4 Å². The van der Waals surface area contributed by atoms with E-state index in [9.17, 15) is 14.0 Å². The van der Waals surface area contributed by atoms with E-state index in [-0.39, 0.29) is 43.4 Å². The van der Waals surface area contributed by atoms with Crippen molar-refractivity contribution in [2.75, 3.05) is 33.4 Å². The topological polar surface area (TPSA) is 67.9 Å². The molecule has 6 nitrogen and oxygen atoms in total. The molecule has 1 aliphatic heterocycles. The van der Waals surface area contributed by atoms with Gasteiger partial charge in [-0.25, -0.2) is 4.39 Å². The van der Waals surface area contributed by atoms with E-state index in [4.69, 9.17) is 9.47 Å². The summed E-state index contributed by atoms with van der Waals surface area (Å²) >= 11 is 0. The molecule has 0 bridgehead atoms. The smallest absolute Gasteiger partial charge is 0.254 e. The summed E-state index contributed by atoms with van der Waals surface area (Å²) in [6, 6.07) is 14.2. The Balaban J connectivity index is 1.66. The fourth-order valence-corrected chi connectivity index (χ4v) is 3.97. The van der Waals surface area contributed by atoms with Gasteiger partial charge in [0, 0.05) is 26.1 Å². The number of benzene rings is 2. The third-order valence-electron chi connectivity index (χ3n) is 5.78. The standard InChI is InChI=1S/C24H27FN2O4/c1-30-15-22(28)27-12-13-31-24(16-27,23(29)26-20-10-11-20)14-18-4-2-3-5-21(18)17-6-8-19(25)9-7-17/h2-9,20H,10-16H2,1H3,(H,26,29)/t24-/m1/s1. The van der Waals surface area contributed by atoms with Gasteiger partial charge in [-0.1, -0.05) is 36.4 Å². The lowest BCUT2D eigenvalue weighted by Crippen LogP contribution is -2.62. The zero-order valence-corrected chi connectivity index (χ0v) is 17.6. The maximum atomic E-state index is 13.4. The maximum absolute atomic E-state index is 13.4. The first-order valence-corrected chi connectivity index (χ1v) is 10.6. The van der Waals surface area contributed by atoms with Gasteiger partial charge in [-0.3, -0.25) is 9.59 Å². The summed E-state index contributed by atoms with van der Waals surface area (Å²) in [6.07, 6.45) is 2.22. The van der Waals surface area contributed by atoms with E-state index in [0.717, 1.165) is 29.5 Å². The summed E-state index contributed by atoms with van der Waals surface area (Å²) in [5.74, 6) is -0.663. The van der Waals surface area contributed by atoms with Crippen molar-refractivity contribution in [3.05, 3.63) is 59.9 Å². The average Bonchev–Trinajstić information content (AvgIpc) is 3.59. The minimum absolute atomic E-state index is 0.0352. The summed E-state index contributed by atoms with van der Waals surface area (Å²) in [5, 5.41) is 3.06. The molecule has 1 saturated heterocycles. The molecule has 2 amide bonds. The third-order valence-corrected chi connectivity index (χ3v) is 5.78. The van der Waals surface area contributed by atoms with Gasteiger partial charge in [0.15, 0.2) is 5.60 Å². The van der Waals surface area contributed by atoms with Crippen LogP contribution in [0.15, 0.2) is 48.5 Å². The molecule has 2 aromatic rings. The highest BCUT2D eigenvalue weighted by Gasteiger charge is 2.46. The molecule has 1 saturated carbocycles. The van der Waals surface area contributed by atoms with Gasteiger partial charge in [0.05, 0.1) is 13.2 Å². The summed E-state index contributed by atoms with van der Waals surface area (Å²) in [5.41, 5.74) is 1.48. The van der Waals surface area contributed by atoms with Gasteiger partial charge in [-0.15, -0.1) is 0 Å². The van der Waals surface area contributed by atoms with Crippen LogP contribution in [0.4, 0.5) is 4.39 Å². The van der Waals surface area contributed by atoms with E-state index >= 15 is 0 Å². The van der Waals surface area contributed by atoms with Crippen molar-refractivity contribution in [1.29, 1.82) is 0 Å². The molecule has 0 unspecified atom stereocenters. The fraction of sp³-hybridized carbons (Fsp3) is 0.417. The molecule has 0 radical (unpaired) electrons. The highest BCUT2D eigenvalue weighted by molar-refractivity contribution is 5.88. The van der Waals surface area contributed by atoms with Crippen LogP contribution < -0.4 is 5.32 Å². The second kappa shape index (κ2) is 9.16. The summed E-state index contributed by atoms with van der Waals surface area (Å²) in [4.78, 5) is 27.5. The van der Waals surface area contributed by atoms with Crippen LogP contribution in [0.2, 0.25) is 0 Å². The first-order chi connectivity index (χ1) is 15.0. The second-order valence-electron chi connectivity index (χ2n) is 8.18. The van der Waals surface area contributed by atoms with Gasteiger partial charge in [-0.05, 0) is 41.7 Å². The number of hydrogen-bond donors (Lipinski definition) is 1. The van der Waals surface area contributed by atoms with Gasteiger partial charge >= 0.3 is 0 Å². The largest absolute Gasteiger partial charge is 0.375 e. The number of rotatable bonds is 7. The third kappa shape index (κ3) is 4.94. The first kappa shape index (κ1) is 21.5. The van der Waals surface area contributed by atoms with Crippen molar-refractivity contribution < 1.29 is 23.5 Å². The van der Waals surface area contributed by atoms with Crippen LogP contribution in [-0.4, -0.2) is 61.8 Å². The number of amides is 2. The highest BCUT2D eigenvalue weighted by atomic mass is 19.1. The zero-order chi connectivity index (χ0) is 21.8. The normalized spacial score (nSPS) is 21.0. The Morgan fingerprint density at radius 2 is 1.94 bits per heavy atom. The van der Waals surface area contributed by atoms with Gasteiger partial charge in [0.25, 0.3) is 5.91 Å². The molecule has 7 heteroatoms. The lowest BCUT2D eigenvalue weighted by Gasteiger charge is -2.42. The van der Waals surface area contributed by atoms with E-state index < -0.39 is 5.60 Å². The van der Waals surface area contributed by atoms with Crippen LogP contribution in [0.1, 0.15) is 18.4 Å². The molecule has 2 fully saturated rings. The van der Waals surface area contributed by atoms with E-state index in [1.165, 1.54) is 19.2 Å². The molecule has 4 rings (SSSR count). The van der Waals surface area contributed by atoms with Crippen LogP contribution in [0.5, 0.6) is 0 Å². The van der Waals surface area contributed by atoms with Crippen LogP contribution in [-0.2, 0) is 25.5 Å². The summed E-state index contributed by atoms with van der Waals surface area (Å²) < 4.78 is 24.6. The molecule has 1 heterocycles. The zero-order valence-electron chi connectivity index (χ0n) is 17.6. The Labute approximate surface area is 181 Å². The minimum atomic E-state index is -1.19. The van der Waals surface area contributed by atoms with Crippen molar-refractivity contribution in [3.8, 4) is 11.1 Å². The van der Waals surface area contributed by atoms with Crippen LogP contribution in [0.3, 0.4) is 0 Å². The molecule has 2 aromatic carbocycles. The highest BCUT2D eigenvalue weighted by Crippen LogP contribution is 2.31. The molecule has 164 valence electrons. The molecule has 1 atom stereocenters. The number of nitrogens with one attached hydrogen (secondary N) is 1. The molecule has 0 spiro atoms. The maximum Gasteiger partial charge on any atom is 0.254 e. The van der Waals surface area contributed by atoms with E-state index in [2.05, 4.69) is 5.32 Å².